The first-order valence-corrected chi connectivity index (χ1v) is 12.6. The van der Waals surface area contributed by atoms with Crippen molar-refractivity contribution in [3.05, 3.63) is 94.3 Å². The molecule has 0 unspecified atom stereocenters. The summed E-state index contributed by atoms with van der Waals surface area (Å²) in [6.45, 7) is 1.51. The molecule has 0 N–H and O–H groups in total. The van der Waals surface area contributed by atoms with Crippen LogP contribution in [0.5, 0.6) is 0 Å². The van der Waals surface area contributed by atoms with Crippen LogP contribution in [-0.4, -0.2) is 44.0 Å². The SMILES string of the molecule is O=C(c1ccc(N=[S@](=O)(F)N2Cc3cccnc3C2)cc1Cl)N1CCO[C@@H](c2ccccc2)C1. The summed E-state index contributed by atoms with van der Waals surface area (Å²) >= 11 is 6.38. The fraction of sp³-hybridized carbons (Fsp3) is 0.250. The summed E-state index contributed by atoms with van der Waals surface area (Å²) in [4.78, 5) is 19.0. The molecule has 0 aliphatic carbocycles. The predicted octanol–water partition coefficient (Wildman–Crippen LogP) is 4.86. The summed E-state index contributed by atoms with van der Waals surface area (Å²) in [5.41, 5.74) is 2.87. The smallest absolute Gasteiger partial charge is 0.276 e. The fourth-order valence-corrected chi connectivity index (χ4v) is 5.45. The Balaban J connectivity index is 1.33. The second-order valence-corrected chi connectivity index (χ2v) is 10.1. The van der Waals surface area contributed by atoms with Gasteiger partial charge < -0.3 is 9.64 Å². The van der Waals surface area contributed by atoms with E-state index in [0.717, 1.165) is 15.4 Å². The van der Waals surface area contributed by atoms with E-state index in [9.17, 15) is 9.00 Å². The fourth-order valence-electron chi connectivity index (χ4n) is 4.13. The van der Waals surface area contributed by atoms with Gasteiger partial charge >= 0.3 is 0 Å². The molecule has 1 fully saturated rings. The maximum Gasteiger partial charge on any atom is 0.276 e. The molecule has 5 rings (SSSR count). The van der Waals surface area contributed by atoms with Gasteiger partial charge in [0.15, 0.2) is 0 Å². The minimum atomic E-state index is -4.19. The molecule has 3 heterocycles. The third-order valence-electron chi connectivity index (χ3n) is 5.90. The Morgan fingerprint density at radius 3 is 2.74 bits per heavy atom. The lowest BCUT2D eigenvalue weighted by Gasteiger charge is -2.33. The summed E-state index contributed by atoms with van der Waals surface area (Å²) in [6, 6.07) is 17.6. The standard InChI is InChI=1S/C24H22ClFN4O3S/c25-21-13-19(28-34(26,32)30-14-18-7-4-10-27-22(18)15-30)8-9-20(21)24(31)29-11-12-33-23(16-29)17-5-2-1-3-6-17/h1-10,13,23H,11-12,14-16H2/t23-,34-/m1/s1. The van der Waals surface area contributed by atoms with Gasteiger partial charge in [0.25, 0.3) is 16.2 Å². The lowest BCUT2D eigenvalue weighted by atomic mass is 10.1. The van der Waals surface area contributed by atoms with Gasteiger partial charge in [0, 0.05) is 19.3 Å². The van der Waals surface area contributed by atoms with Crippen molar-refractivity contribution < 1.29 is 17.6 Å². The zero-order valence-corrected chi connectivity index (χ0v) is 19.7. The number of carbonyl (C=O) groups is 1. The Kier molecular flexibility index (Phi) is 6.35. The Labute approximate surface area is 202 Å². The van der Waals surface area contributed by atoms with Crippen LogP contribution in [0.4, 0.5) is 9.57 Å². The molecule has 0 bridgehead atoms. The summed E-state index contributed by atoms with van der Waals surface area (Å²) in [6.07, 6.45) is 1.40. The van der Waals surface area contributed by atoms with Crippen LogP contribution in [0, 0.1) is 0 Å². The number of aromatic nitrogens is 1. The van der Waals surface area contributed by atoms with E-state index in [4.69, 9.17) is 16.3 Å². The number of carbonyl (C=O) groups excluding carboxylic acids is 1. The van der Waals surface area contributed by atoms with E-state index in [-0.39, 0.29) is 41.4 Å². The Morgan fingerprint density at radius 1 is 1.15 bits per heavy atom. The molecule has 2 aromatic carbocycles. The van der Waals surface area contributed by atoms with Crippen LogP contribution in [0.2, 0.25) is 5.02 Å². The normalized spacial score (nSPS) is 19.9. The van der Waals surface area contributed by atoms with E-state index in [1.165, 1.54) is 18.2 Å². The molecule has 1 aromatic heterocycles. The first-order chi connectivity index (χ1) is 16.4. The van der Waals surface area contributed by atoms with Crippen LogP contribution in [-0.2, 0) is 28.1 Å². The van der Waals surface area contributed by atoms with Gasteiger partial charge in [-0.2, -0.15) is 12.9 Å². The topological polar surface area (TPSA) is 75.1 Å². The highest BCUT2D eigenvalue weighted by molar-refractivity contribution is 7.86. The maximum atomic E-state index is 15.1. The molecule has 1 saturated heterocycles. The number of rotatable bonds is 4. The minimum absolute atomic E-state index is 0.0992. The first kappa shape index (κ1) is 22.9. The monoisotopic (exact) mass is 500 g/mol. The number of ether oxygens (including phenoxy) is 1. The molecule has 34 heavy (non-hydrogen) atoms. The van der Waals surface area contributed by atoms with Crippen LogP contribution in [0.1, 0.15) is 33.3 Å². The van der Waals surface area contributed by atoms with Crippen molar-refractivity contribution in [2.24, 2.45) is 4.36 Å². The number of hydrogen-bond acceptors (Lipinski definition) is 5. The molecular weight excluding hydrogens is 479 g/mol. The van der Waals surface area contributed by atoms with E-state index in [1.54, 1.807) is 17.2 Å². The second kappa shape index (κ2) is 9.42. The third-order valence-corrected chi connectivity index (χ3v) is 7.55. The van der Waals surface area contributed by atoms with Crippen molar-refractivity contribution in [3.8, 4) is 0 Å². The number of benzene rings is 2. The highest BCUT2D eigenvalue weighted by Gasteiger charge is 2.30. The lowest BCUT2D eigenvalue weighted by molar-refractivity contribution is -0.0228. The molecular formula is C24H22ClFN4O3S. The number of halogens is 2. The highest BCUT2D eigenvalue weighted by Crippen LogP contribution is 2.31. The zero-order chi connectivity index (χ0) is 23.7. The van der Waals surface area contributed by atoms with Crippen molar-refractivity contribution >= 4 is 33.5 Å². The van der Waals surface area contributed by atoms with Gasteiger partial charge in [-0.25, -0.2) is 0 Å². The van der Waals surface area contributed by atoms with Crippen molar-refractivity contribution in [3.63, 3.8) is 0 Å². The van der Waals surface area contributed by atoms with Crippen LogP contribution >= 0.6 is 11.6 Å². The van der Waals surface area contributed by atoms with Crippen molar-refractivity contribution in [2.75, 3.05) is 19.7 Å². The zero-order valence-electron chi connectivity index (χ0n) is 18.1. The highest BCUT2D eigenvalue weighted by atomic mass is 35.5. The molecule has 1 amide bonds. The summed E-state index contributed by atoms with van der Waals surface area (Å²) in [5, 5.41) is 0.121. The van der Waals surface area contributed by atoms with Crippen molar-refractivity contribution in [2.45, 2.75) is 19.2 Å². The van der Waals surface area contributed by atoms with Gasteiger partial charge in [0.1, 0.15) is 6.10 Å². The first-order valence-electron chi connectivity index (χ1n) is 10.8. The summed E-state index contributed by atoms with van der Waals surface area (Å²) in [7, 11) is -4.19. The molecule has 0 radical (unpaired) electrons. The summed E-state index contributed by atoms with van der Waals surface area (Å²) in [5.74, 6) is -0.247. The molecule has 7 nitrogen and oxygen atoms in total. The number of fused-ring (bicyclic) bond motifs is 1. The molecule has 0 spiro atoms. The van der Waals surface area contributed by atoms with Crippen LogP contribution in [0.3, 0.4) is 0 Å². The van der Waals surface area contributed by atoms with Gasteiger partial charge in [-0.15, -0.1) is 3.89 Å². The predicted molar refractivity (Wildman–Crippen MR) is 127 cm³/mol. The number of pyridine rings is 1. The number of morpholine rings is 1. The van der Waals surface area contributed by atoms with Crippen molar-refractivity contribution in [1.29, 1.82) is 0 Å². The average molecular weight is 501 g/mol. The molecule has 2 atom stereocenters. The third kappa shape index (κ3) is 4.69. The van der Waals surface area contributed by atoms with Gasteiger partial charge in [0.05, 0.1) is 41.7 Å². The van der Waals surface area contributed by atoms with E-state index in [1.807, 2.05) is 36.4 Å². The van der Waals surface area contributed by atoms with Crippen LogP contribution < -0.4 is 0 Å². The number of nitrogens with zero attached hydrogens (tertiary/aromatic N) is 4. The molecule has 10 heteroatoms. The molecule has 176 valence electrons. The largest absolute Gasteiger partial charge is 0.370 e. The van der Waals surface area contributed by atoms with Crippen molar-refractivity contribution in [1.82, 2.24) is 14.2 Å². The maximum absolute atomic E-state index is 15.1. The lowest BCUT2D eigenvalue weighted by Crippen LogP contribution is -2.42. The van der Waals surface area contributed by atoms with E-state index < -0.39 is 10.3 Å². The average Bonchev–Trinajstić information content (AvgIpc) is 3.30. The quantitative estimate of drug-likeness (QED) is 0.479. The molecule has 2 aliphatic heterocycles. The Bertz CT molecular complexity index is 1320. The minimum Gasteiger partial charge on any atom is -0.370 e. The second-order valence-electron chi connectivity index (χ2n) is 8.12. The van der Waals surface area contributed by atoms with E-state index in [0.29, 0.717) is 25.4 Å². The van der Waals surface area contributed by atoms with E-state index in [2.05, 4.69) is 9.35 Å². The molecule has 0 saturated carbocycles. The van der Waals surface area contributed by atoms with Gasteiger partial charge in [-0.05, 0) is 35.4 Å². The summed E-state index contributed by atoms with van der Waals surface area (Å²) < 4.78 is 38.6. The molecule has 2 aliphatic rings. The van der Waals surface area contributed by atoms with E-state index >= 15 is 3.89 Å². The number of amides is 1. The van der Waals surface area contributed by atoms with Gasteiger partial charge in [-0.3, -0.25) is 9.78 Å². The van der Waals surface area contributed by atoms with Gasteiger partial charge in [0.2, 0.25) is 0 Å². The molecule has 3 aromatic rings. The number of hydrogen-bond donors (Lipinski definition) is 0. The Hall–Kier alpha value is -2.85. The van der Waals surface area contributed by atoms with Crippen LogP contribution in [0.25, 0.3) is 0 Å². The van der Waals surface area contributed by atoms with Crippen LogP contribution in [0.15, 0.2) is 71.2 Å². The van der Waals surface area contributed by atoms with Gasteiger partial charge in [-0.1, -0.05) is 48.0 Å². The Morgan fingerprint density at radius 2 is 1.97 bits per heavy atom.